The number of nitrogens with one attached hydrogen (secondary N) is 1. The molecule has 0 aliphatic heterocycles. The molecule has 1 N–H and O–H groups in total. The Kier molecular flexibility index (Phi) is 8.70. The molecule has 92 valence electrons. The van der Waals surface area contributed by atoms with Crippen molar-refractivity contribution in [3.8, 4) is 0 Å². The molecule has 0 aromatic heterocycles. The van der Waals surface area contributed by atoms with Gasteiger partial charge in [-0.05, 0) is 58.2 Å². The Morgan fingerprint density at radius 3 is 2.27 bits per heavy atom. The lowest BCUT2D eigenvalue weighted by molar-refractivity contribution is 0.557. The van der Waals surface area contributed by atoms with E-state index in [2.05, 4.69) is 38.4 Å². The minimum absolute atomic E-state index is 0.824. The van der Waals surface area contributed by atoms with Crippen LogP contribution in [0.25, 0.3) is 0 Å². The molecule has 15 heavy (non-hydrogen) atoms. The lowest BCUT2D eigenvalue weighted by Crippen LogP contribution is -2.35. The summed E-state index contributed by atoms with van der Waals surface area (Å²) in [6, 6.07) is 1.30. The second kappa shape index (κ2) is 8.50. The second-order valence-corrected chi connectivity index (χ2v) is 12.2. The fourth-order valence-corrected chi connectivity index (χ4v) is 8.37. The van der Waals surface area contributed by atoms with Crippen LogP contribution in [-0.4, -0.2) is 30.4 Å². The third-order valence-corrected chi connectivity index (χ3v) is 8.39. The highest BCUT2D eigenvalue weighted by molar-refractivity contribution is 6.77. The number of hydrogen-bond donors (Lipinski definition) is 1. The third-order valence-electron chi connectivity index (χ3n) is 2.39. The highest BCUT2D eigenvalue weighted by Gasteiger charge is 2.22. The summed E-state index contributed by atoms with van der Waals surface area (Å²) in [5, 5.41) is 3.49. The molecule has 0 spiro atoms. The quantitative estimate of drug-likeness (QED) is 0.500. The summed E-state index contributed by atoms with van der Waals surface area (Å²) in [7, 11) is -2.14. The van der Waals surface area contributed by atoms with E-state index < -0.39 is 17.4 Å². The molecule has 0 unspecified atom stereocenters. The minimum Gasteiger partial charge on any atom is -0.458 e. The van der Waals surface area contributed by atoms with Gasteiger partial charge in [0, 0.05) is 0 Å². The average Bonchev–Trinajstić information content (AvgIpc) is 2.08. The van der Waals surface area contributed by atoms with Crippen LogP contribution in [-0.2, 0) is 4.12 Å². The standard InChI is InChI=1S/C11H29NOSi2/c1-6-7-9-12-10-8-11-15(4,5)13-14(2)3/h12,14H,6-11H2,1-5H3. The third kappa shape index (κ3) is 10.6. The summed E-state index contributed by atoms with van der Waals surface area (Å²) < 4.78 is 6.12. The summed E-state index contributed by atoms with van der Waals surface area (Å²) in [4.78, 5) is 0. The summed E-state index contributed by atoms with van der Waals surface area (Å²) in [6.45, 7) is 13.8. The maximum Gasteiger partial charge on any atom is 0.173 e. The first-order valence-electron chi connectivity index (χ1n) is 6.36. The van der Waals surface area contributed by atoms with Crippen LogP contribution in [0.5, 0.6) is 0 Å². The first kappa shape index (κ1) is 15.4. The lowest BCUT2D eigenvalue weighted by atomic mass is 10.3. The maximum absolute atomic E-state index is 6.12. The van der Waals surface area contributed by atoms with Crippen molar-refractivity contribution in [2.75, 3.05) is 13.1 Å². The van der Waals surface area contributed by atoms with Gasteiger partial charge in [-0.3, -0.25) is 0 Å². The normalized spacial score (nSPS) is 12.4. The summed E-state index contributed by atoms with van der Waals surface area (Å²) >= 11 is 0. The summed E-state index contributed by atoms with van der Waals surface area (Å²) in [5.74, 6) is 0. The van der Waals surface area contributed by atoms with Crippen molar-refractivity contribution < 1.29 is 4.12 Å². The van der Waals surface area contributed by atoms with Crippen molar-refractivity contribution >= 4 is 17.4 Å². The van der Waals surface area contributed by atoms with Gasteiger partial charge in [-0.1, -0.05) is 13.3 Å². The molecule has 0 saturated carbocycles. The Bertz CT molecular complexity index is 152. The molecule has 0 amide bonds. The Labute approximate surface area is 98.7 Å². The van der Waals surface area contributed by atoms with Crippen LogP contribution in [0.15, 0.2) is 0 Å². The van der Waals surface area contributed by atoms with Crippen molar-refractivity contribution in [1.29, 1.82) is 0 Å². The summed E-state index contributed by atoms with van der Waals surface area (Å²) in [5.41, 5.74) is 0. The Balaban J connectivity index is 3.40. The zero-order chi connectivity index (χ0) is 11.7. The molecule has 4 heteroatoms. The van der Waals surface area contributed by atoms with Crippen molar-refractivity contribution in [2.45, 2.75) is 58.4 Å². The largest absolute Gasteiger partial charge is 0.458 e. The van der Waals surface area contributed by atoms with E-state index in [1.807, 2.05) is 0 Å². The molecule has 0 saturated heterocycles. The van der Waals surface area contributed by atoms with Crippen LogP contribution in [0.4, 0.5) is 0 Å². The molecule has 0 aromatic carbocycles. The fraction of sp³-hybridized carbons (Fsp3) is 1.00. The summed E-state index contributed by atoms with van der Waals surface area (Å²) in [6.07, 6.45) is 3.87. The van der Waals surface area contributed by atoms with E-state index in [-0.39, 0.29) is 0 Å². The topological polar surface area (TPSA) is 21.3 Å². The molecule has 0 radical (unpaired) electrons. The average molecular weight is 248 g/mol. The molecule has 0 aromatic rings. The number of hydrogen-bond acceptors (Lipinski definition) is 2. The van der Waals surface area contributed by atoms with E-state index in [1.165, 1.54) is 38.4 Å². The van der Waals surface area contributed by atoms with Crippen LogP contribution in [0.2, 0.25) is 32.2 Å². The monoisotopic (exact) mass is 247 g/mol. The molecule has 0 aliphatic rings. The van der Waals surface area contributed by atoms with Crippen molar-refractivity contribution in [1.82, 2.24) is 5.32 Å². The maximum atomic E-state index is 6.12. The fourth-order valence-electron chi connectivity index (χ4n) is 1.76. The van der Waals surface area contributed by atoms with Gasteiger partial charge in [-0.25, -0.2) is 0 Å². The van der Waals surface area contributed by atoms with Gasteiger partial charge in [0.2, 0.25) is 0 Å². The first-order chi connectivity index (χ1) is 6.98. The lowest BCUT2D eigenvalue weighted by Gasteiger charge is -2.25. The highest BCUT2D eigenvalue weighted by Crippen LogP contribution is 2.14. The van der Waals surface area contributed by atoms with Gasteiger partial charge in [0.1, 0.15) is 0 Å². The van der Waals surface area contributed by atoms with Crippen molar-refractivity contribution in [3.05, 3.63) is 0 Å². The van der Waals surface area contributed by atoms with Crippen LogP contribution in [0.1, 0.15) is 26.2 Å². The van der Waals surface area contributed by atoms with Crippen LogP contribution < -0.4 is 5.32 Å². The van der Waals surface area contributed by atoms with Crippen LogP contribution in [0.3, 0.4) is 0 Å². The molecule has 0 bridgehead atoms. The SMILES string of the molecule is CCCCNCCC[Si](C)(C)O[SiH](C)C. The van der Waals surface area contributed by atoms with E-state index in [4.69, 9.17) is 4.12 Å². The van der Waals surface area contributed by atoms with Crippen molar-refractivity contribution in [3.63, 3.8) is 0 Å². The molecular weight excluding hydrogens is 218 g/mol. The predicted molar refractivity (Wildman–Crippen MR) is 74.6 cm³/mol. The number of rotatable bonds is 9. The predicted octanol–water partition coefficient (Wildman–Crippen LogP) is 2.97. The zero-order valence-electron chi connectivity index (χ0n) is 11.2. The molecular formula is C11H29NOSi2. The van der Waals surface area contributed by atoms with E-state index in [0.717, 1.165) is 0 Å². The van der Waals surface area contributed by atoms with E-state index in [9.17, 15) is 0 Å². The van der Waals surface area contributed by atoms with Gasteiger partial charge in [-0.2, -0.15) is 0 Å². The molecule has 0 aliphatic carbocycles. The van der Waals surface area contributed by atoms with Crippen LogP contribution in [0, 0.1) is 0 Å². The molecule has 0 fully saturated rings. The number of unbranched alkanes of at least 4 members (excludes halogenated alkanes) is 1. The minimum atomic E-state index is -1.31. The van der Waals surface area contributed by atoms with Crippen LogP contribution >= 0.6 is 0 Å². The second-order valence-electron chi connectivity index (χ2n) is 5.13. The Morgan fingerprint density at radius 1 is 1.13 bits per heavy atom. The molecule has 0 heterocycles. The first-order valence-corrected chi connectivity index (χ1v) is 12.3. The van der Waals surface area contributed by atoms with Gasteiger partial charge in [0.25, 0.3) is 0 Å². The van der Waals surface area contributed by atoms with E-state index in [1.54, 1.807) is 0 Å². The molecule has 0 atom stereocenters. The van der Waals surface area contributed by atoms with Gasteiger partial charge in [0.15, 0.2) is 17.4 Å². The van der Waals surface area contributed by atoms with Crippen molar-refractivity contribution in [2.24, 2.45) is 0 Å². The molecule has 0 rings (SSSR count). The van der Waals surface area contributed by atoms with E-state index >= 15 is 0 Å². The Morgan fingerprint density at radius 2 is 1.73 bits per heavy atom. The van der Waals surface area contributed by atoms with Gasteiger partial charge >= 0.3 is 0 Å². The van der Waals surface area contributed by atoms with Gasteiger partial charge in [-0.15, -0.1) is 0 Å². The van der Waals surface area contributed by atoms with E-state index in [0.29, 0.717) is 0 Å². The smallest absolute Gasteiger partial charge is 0.173 e. The highest BCUT2D eigenvalue weighted by atomic mass is 28.4. The van der Waals surface area contributed by atoms with Gasteiger partial charge in [0.05, 0.1) is 0 Å². The Hall–Kier alpha value is 0.354. The molecule has 2 nitrogen and oxygen atoms in total. The zero-order valence-corrected chi connectivity index (χ0v) is 13.4. The van der Waals surface area contributed by atoms with Gasteiger partial charge < -0.3 is 9.43 Å².